The molecule has 0 aliphatic rings. The van der Waals surface area contributed by atoms with Crippen LogP contribution in [-0.2, 0) is 6.54 Å². The Kier molecular flexibility index (Phi) is 5.65. The van der Waals surface area contributed by atoms with Gasteiger partial charge in [0.15, 0.2) is 0 Å². The van der Waals surface area contributed by atoms with Gasteiger partial charge in [-0.3, -0.25) is 4.98 Å². The van der Waals surface area contributed by atoms with Crippen molar-refractivity contribution in [3.05, 3.63) is 30.2 Å². The number of hydrogen-bond donors (Lipinski definition) is 1. The predicted molar refractivity (Wildman–Crippen MR) is 68.0 cm³/mol. The third kappa shape index (κ3) is 2.62. The molecule has 0 bridgehead atoms. The first-order valence-corrected chi connectivity index (χ1v) is 4.43. The highest BCUT2D eigenvalue weighted by Gasteiger charge is 2.03. The summed E-state index contributed by atoms with van der Waals surface area (Å²) in [5.41, 5.74) is 8.01. The van der Waals surface area contributed by atoms with Crippen molar-refractivity contribution in [2.75, 3.05) is 6.54 Å². The summed E-state index contributed by atoms with van der Waals surface area (Å²) < 4.78 is 2.22. The Bertz CT molecular complexity index is 426. The van der Waals surface area contributed by atoms with Crippen LogP contribution in [0.15, 0.2) is 24.5 Å². The molecule has 0 fully saturated rings. The van der Waals surface area contributed by atoms with Crippen molar-refractivity contribution < 1.29 is 0 Å². The first-order chi connectivity index (χ1) is 6.33. The van der Waals surface area contributed by atoms with E-state index in [0.29, 0.717) is 6.54 Å². The molecule has 0 unspecified atom stereocenters. The number of hydrogen-bond acceptors (Lipinski definition) is 2. The van der Waals surface area contributed by atoms with E-state index in [1.54, 1.807) is 0 Å². The quantitative estimate of drug-likeness (QED) is 0.884. The smallest absolute Gasteiger partial charge is 0.0513 e. The Morgan fingerprint density at radius 3 is 2.80 bits per heavy atom. The van der Waals surface area contributed by atoms with E-state index < -0.39 is 0 Å². The second kappa shape index (κ2) is 5.95. The van der Waals surface area contributed by atoms with Crippen LogP contribution in [0.25, 0.3) is 10.9 Å². The van der Waals surface area contributed by atoms with Crippen LogP contribution in [0.2, 0.25) is 0 Å². The fourth-order valence-corrected chi connectivity index (χ4v) is 1.68. The van der Waals surface area contributed by atoms with Crippen LogP contribution in [0.3, 0.4) is 0 Å². The van der Waals surface area contributed by atoms with Crippen molar-refractivity contribution in [3.8, 4) is 0 Å². The standard InChI is InChI=1S/C10H13N3.2ClH/c1-8-6-9-7-12-4-2-10(9)13(8)5-3-11;;/h2,4,6-7H,3,5,11H2,1H3;2*1H. The number of aryl methyl sites for hydroxylation is 1. The Balaban J connectivity index is 0.000000980. The molecular formula is C10H15Cl2N3. The lowest BCUT2D eigenvalue weighted by Gasteiger charge is -2.04. The summed E-state index contributed by atoms with van der Waals surface area (Å²) in [6.45, 7) is 3.64. The molecule has 2 N–H and O–H groups in total. The number of fused-ring (bicyclic) bond motifs is 1. The summed E-state index contributed by atoms with van der Waals surface area (Å²) in [7, 11) is 0. The monoisotopic (exact) mass is 247 g/mol. The highest BCUT2D eigenvalue weighted by molar-refractivity contribution is 5.85. The molecule has 0 spiro atoms. The van der Waals surface area contributed by atoms with Crippen molar-refractivity contribution >= 4 is 35.7 Å². The van der Waals surface area contributed by atoms with Gasteiger partial charge in [0.05, 0.1) is 5.52 Å². The number of halogens is 2. The molecule has 15 heavy (non-hydrogen) atoms. The second-order valence-electron chi connectivity index (χ2n) is 3.16. The number of aromatic nitrogens is 2. The van der Waals surface area contributed by atoms with Gasteiger partial charge in [-0.2, -0.15) is 0 Å². The highest BCUT2D eigenvalue weighted by atomic mass is 35.5. The van der Waals surface area contributed by atoms with Gasteiger partial charge in [-0.1, -0.05) is 0 Å². The number of nitrogens with zero attached hydrogens (tertiary/aromatic N) is 2. The van der Waals surface area contributed by atoms with Gasteiger partial charge in [0.2, 0.25) is 0 Å². The van der Waals surface area contributed by atoms with E-state index in [1.807, 2.05) is 18.5 Å². The van der Waals surface area contributed by atoms with Crippen molar-refractivity contribution in [3.63, 3.8) is 0 Å². The van der Waals surface area contributed by atoms with E-state index in [0.717, 1.165) is 6.54 Å². The predicted octanol–water partition coefficient (Wildman–Crippen LogP) is 2.15. The largest absolute Gasteiger partial charge is 0.344 e. The molecule has 0 saturated heterocycles. The molecule has 2 heterocycles. The van der Waals surface area contributed by atoms with E-state index in [4.69, 9.17) is 5.73 Å². The van der Waals surface area contributed by atoms with Crippen LogP contribution >= 0.6 is 24.8 Å². The lowest BCUT2D eigenvalue weighted by atomic mass is 10.3. The molecule has 0 aliphatic heterocycles. The summed E-state index contributed by atoms with van der Waals surface area (Å²) >= 11 is 0. The third-order valence-electron chi connectivity index (χ3n) is 2.26. The lowest BCUT2D eigenvalue weighted by Crippen LogP contribution is -2.10. The number of pyridine rings is 1. The molecule has 0 atom stereocenters. The molecule has 0 aromatic carbocycles. The van der Waals surface area contributed by atoms with Gasteiger partial charge in [-0.15, -0.1) is 24.8 Å². The summed E-state index contributed by atoms with van der Waals surface area (Å²) in [5.74, 6) is 0. The van der Waals surface area contributed by atoms with E-state index in [-0.39, 0.29) is 24.8 Å². The first-order valence-electron chi connectivity index (χ1n) is 4.43. The Labute approximate surface area is 101 Å². The zero-order chi connectivity index (χ0) is 9.26. The average molecular weight is 248 g/mol. The highest BCUT2D eigenvalue weighted by Crippen LogP contribution is 2.17. The fourth-order valence-electron chi connectivity index (χ4n) is 1.68. The van der Waals surface area contributed by atoms with Gasteiger partial charge in [0, 0.05) is 36.6 Å². The van der Waals surface area contributed by atoms with Crippen molar-refractivity contribution in [1.29, 1.82) is 0 Å². The van der Waals surface area contributed by atoms with Crippen LogP contribution in [0, 0.1) is 6.92 Å². The Morgan fingerprint density at radius 2 is 2.13 bits per heavy atom. The first kappa shape index (κ1) is 14.2. The minimum absolute atomic E-state index is 0. The summed E-state index contributed by atoms with van der Waals surface area (Å²) in [6, 6.07) is 4.16. The van der Waals surface area contributed by atoms with Crippen LogP contribution < -0.4 is 5.73 Å². The molecule has 5 heteroatoms. The van der Waals surface area contributed by atoms with Crippen LogP contribution in [0.5, 0.6) is 0 Å². The second-order valence-corrected chi connectivity index (χ2v) is 3.16. The molecule has 3 nitrogen and oxygen atoms in total. The Hall–Kier alpha value is -0.770. The summed E-state index contributed by atoms with van der Waals surface area (Å²) in [4.78, 5) is 4.08. The maximum Gasteiger partial charge on any atom is 0.0513 e. The van der Waals surface area contributed by atoms with Gasteiger partial charge in [-0.25, -0.2) is 0 Å². The molecule has 2 rings (SSSR count). The molecule has 2 aromatic heterocycles. The number of rotatable bonds is 2. The normalized spacial score (nSPS) is 9.47. The van der Waals surface area contributed by atoms with E-state index in [9.17, 15) is 0 Å². The van der Waals surface area contributed by atoms with Crippen molar-refractivity contribution in [2.24, 2.45) is 5.73 Å². The van der Waals surface area contributed by atoms with E-state index in [1.165, 1.54) is 16.6 Å². The van der Waals surface area contributed by atoms with Crippen LogP contribution in [-0.4, -0.2) is 16.1 Å². The van der Waals surface area contributed by atoms with Crippen molar-refractivity contribution in [1.82, 2.24) is 9.55 Å². The van der Waals surface area contributed by atoms with Crippen LogP contribution in [0.1, 0.15) is 5.69 Å². The van der Waals surface area contributed by atoms with Gasteiger partial charge in [0.1, 0.15) is 0 Å². The minimum Gasteiger partial charge on any atom is -0.344 e. The minimum atomic E-state index is 0. The zero-order valence-corrected chi connectivity index (χ0v) is 10.1. The molecule has 0 radical (unpaired) electrons. The topological polar surface area (TPSA) is 43.8 Å². The zero-order valence-electron chi connectivity index (χ0n) is 8.51. The molecular weight excluding hydrogens is 233 g/mol. The molecule has 0 amide bonds. The average Bonchev–Trinajstić information content (AvgIpc) is 2.44. The Morgan fingerprint density at radius 1 is 1.40 bits per heavy atom. The van der Waals surface area contributed by atoms with E-state index >= 15 is 0 Å². The molecule has 0 aliphatic carbocycles. The summed E-state index contributed by atoms with van der Waals surface area (Å²) in [6.07, 6.45) is 3.70. The summed E-state index contributed by atoms with van der Waals surface area (Å²) in [5, 5.41) is 1.19. The van der Waals surface area contributed by atoms with E-state index in [2.05, 4.69) is 22.5 Å². The molecule has 2 aromatic rings. The molecule has 0 saturated carbocycles. The van der Waals surface area contributed by atoms with Crippen molar-refractivity contribution in [2.45, 2.75) is 13.5 Å². The maximum absolute atomic E-state index is 5.54. The van der Waals surface area contributed by atoms with Gasteiger partial charge in [-0.05, 0) is 19.1 Å². The fraction of sp³-hybridized carbons (Fsp3) is 0.300. The van der Waals surface area contributed by atoms with Gasteiger partial charge >= 0.3 is 0 Å². The van der Waals surface area contributed by atoms with Crippen LogP contribution in [0.4, 0.5) is 0 Å². The van der Waals surface area contributed by atoms with Gasteiger partial charge < -0.3 is 10.3 Å². The van der Waals surface area contributed by atoms with Gasteiger partial charge in [0.25, 0.3) is 0 Å². The maximum atomic E-state index is 5.54. The SMILES string of the molecule is Cc1cc2cnccc2n1CCN.Cl.Cl. The molecule has 84 valence electrons. The third-order valence-corrected chi connectivity index (χ3v) is 2.26. The number of nitrogens with two attached hydrogens (primary N) is 1. The lowest BCUT2D eigenvalue weighted by molar-refractivity contribution is 0.715.